The van der Waals surface area contributed by atoms with E-state index in [9.17, 15) is 27.6 Å². The Morgan fingerprint density at radius 2 is 1.18 bits per heavy atom. The van der Waals surface area contributed by atoms with E-state index in [2.05, 4.69) is 41.5 Å². The van der Waals surface area contributed by atoms with Gasteiger partial charge >= 0.3 is 6.18 Å². The fraction of sp³-hybridized carbons (Fsp3) is 0.891. The van der Waals surface area contributed by atoms with E-state index in [1.165, 1.54) is 13.5 Å². The quantitative estimate of drug-likeness (QED) is 0.137. The lowest BCUT2D eigenvalue weighted by Crippen LogP contribution is -2.62. The summed E-state index contributed by atoms with van der Waals surface area (Å²) in [7, 11) is 5.10. The zero-order valence-corrected chi connectivity index (χ0v) is 36.5. The number of Topliss-reactive ketones (excluding diaryl/α,β-unsaturated/α-hetero) is 2. The van der Waals surface area contributed by atoms with Crippen LogP contribution in [0.1, 0.15) is 133 Å². The molecule has 0 N–H and O–H groups in total. The van der Waals surface area contributed by atoms with Crippen molar-refractivity contribution in [3.63, 3.8) is 0 Å². The van der Waals surface area contributed by atoms with E-state index >= 15 is 0 Å². The summed E-state index contributed by atoms with van der Waals surface area (Å²) in [6.45, 7) is 19.4. The van der Waals surface area contributed by atoms with Gasteiger partial charge in [-0.15, -0.1) is 0 Å². The van der Waals surface area contributed by atoms with E-state index in [1.807, 2.05) is 21.0 Å². The van der Waals surface area contributed by atoms with Crippen LogP contribution in [0.3, 0.4) is 0 Å². The fourth-order valence-corrected chi connectivity index (χ4v) is 14.7. The minimum Gasteiger partial charge on any atom is -0.381 e. The molecule has 6 aliphatic carbocycles. The van der Waals surface area contributed by atoms with Gasteiger partial charge in [0.2, 0.25) is 0 Å². The molecule has 0 saturated heterocycles. The first-order chi connectivity index (χ1) is 26.0. The largest absolute Gasteiger partial charge is 0.409 e. The molecule has 56 heavy (non-hydrogen) atoms. The molecule has 6 rings (SSSR count). The highest BCUT2D eigenvalue weighted by Gasteiger charge is 2.69. The van der Waals surface area contributed by atoms with E-state index in [-0.39, 0.29) is 82.6 Å². The molecule has 5 unspecified atom stereocenters. The molecule has 6 fully saturated rings. The number of allylic oxidation sites excluding steroid dienone is 2. The van der Waals surface area contributed by atoms with Gasteiger partial charge in [0.05, 0.1) is 18.3 Å². The van der Waals surface area contributed by atoms with E-state index in [4.69, 9.17) is 18.9 Å². The van der Waals surface area contributed by atoms with Crippen molar-refractivity contribution in [2.45, 2.75) is 157 Å². The number of hydrogen-bond donors (Lipinski definition) is 0. The zero-order chi connectivity index (χ0) is 41.9. The number of halogens is 3. The Morgan fingerprint density at radius 1 is 0.696 bits per heavy atom. The van der Waals surface area contributed by atoms with Crippen molar-refractivity contribution in [3.05, 3.63) is 12.2 Å². The molecule has 0 amide bonds. The van der Waals surface area contributed by atoms with Crippen molar-refractivity contribution >= 4 is 17.9 Å². The monoisotopic (exact) mass is 795 g/mol. The first-order valence-corrected chi connectivity index (χ1v) is 21.5. The molecule has 4 bridgehead atoms. The predicted octanol–water partition coefficient (Wildman–Crippen LogP) is 10.2. The van der Waals surface area contributed by atoms with Gasteiger partial charge in [-0.25, -0.2) is 0 Å². The number of ether oxygens (including phenoxy) is 4. The van der Waals surface area contributed by atoms with Crippen LogP contribution in [0.5, 0.6) is 0 Å². The van der Waals surface area contributed by atoms with Crippen LogP contribution >= 0.6 is 0 Å². The van der Waals surface area contributed by atoms with Crippen LogP contribution in [0, 0.1) is 73.9 Å². The Kier molecular flexibility index (Phi) is 13.1. The Labute approximate surface area is 335 Å². The van der Waals surface area contributed by atoms with Gasteiger partial charge in [0.25, 0.3) is 0 Å². The van der Waals surface area contributed by atoms with Gasteiger partial charge in [-0.2, -0.15) is 13.2 Å². The second-order valence-corrected chi connectivity index (χ2v) is 20.4. The lowest BCUT2D eigenvalue weighted by molar-refractivity contribution is -0.217. The highest BCUT2D eigenvalue weighted by atomic mass is 19.4. The third-order valence-corrected chi connectivity index (χ3v) is 18.3. The first-order valence-electron chi connectivity index (χ1n) is 21.5. The standard InChI is InChI=1S/C24H37F3O4.C22H36O3/c1-15-7-9-23-10-8-17(30-6)19(23)22(15,4)18(31-14-29-5)13-21(3,20(28)16(23)2)11-12-24(25,26)27;1-14-7-9-22-10-8-17(25-6)18(22)21(14,5)15(2)13-20(4,11-12-23)19(24)16(22)3/h11-12,15-19H,7-10,13-14H2,1-6H3;12,14-18H,7-11,13H2,1-6H3/t15-,16+,17-,18?,19?,21-,22+,23?;14-,15-,16+,17-,18?,20-,21+,22?/m11/s1. The molecule has 6 aliphatic rings. The molecule has 0 spiro atoms. The normalized spacial score (nSPS) is 49.2. The van der Waals surface area contributed by atoms with Crippen LogP contribution in [-0.2, 0) is 33.3 Å². The second-order valence-electron chi connectivity index (χ2n) is 20.4. The number of alkyl halides is 3. The maximum Gasteiger partial charge on any atom is 0.409 e. The van der Waals surface area contributed by atoms with Crippen molar-refractivity contribution in [1.29, 1.82) is 0 Å². The van der Waals surface area contributed by atoms with Gasteiger partial charge in [-0.3, -0.25) is 9.59 Å². The Bertz CT molecular complexity index is 1480. The van der Waals surface area contributed by atoms with Gasteiger partial charge in [-0.05, 0) is 117 Å². The summed E-state index contributed by atoms with van der Waals surface area (Å²) in [6, 6.07) is 0. The van der Waals surface area contributed by atoms with Gasteiger partial charge in [0.1, 0.15) is 24.6 Å². The highest BCUT2D eigenvalue weighted by Crippen LogP contribution is 2.71. The number of ketones is 2. The minimum absolute atomic E-state index is 0.00622. The molecule has 6 saturated carbocycles. The van der Waals surface area contributed by atoms with Gasteiger partial charge in [0, 0.05) is 61.9 Å². The van der Waals surface area contributed by atoms with Crippen LogP contribution in [0.25, 0.3) is 0 Å². The van der Waals surface area contributed by atoms with Crippen molar-refractivity contribution in [2.75, 3.05) is 28.1 Å². The average Bonchev–Trinajstić information content (AvgIpc) is 3.75. The first kappa shape index (κ1) is 45.5. The smallest absolute Gasteiger partial charge is 0.381 e. The Morgan fingerprint density at radius 3 is 1.66 bits per heavy atom. The van der Waals surface area contributed by atoms with E-state index in [1.54, 1.807) is 14.0 Å². The zero-order valence-electron chi connectivity index (χ0n) is 36.5. The van der Waals surface area contributed by atoms with Crippen LogP contribution in [-0.4, -0.2) is 70.5 Å². The van der Waals surface area contributed by atoms with E-state index in [0.717, 1.165) is 63.7 Å². The van der Waals surface area contributed by atoms with Crippen LogP contribution < -0.4 is 0 Å². The van der Waals surface area contributed by atoms with Crippen LogP contribution in [0.2, 0.25) is 0 Å². The molecule has 0 radical (unpaired) electrons. The SMILES string of the molecule is COCOC1C[C@@](C)(C=CC(F)(F)F)C(=O)[C@H](C)C23CC[C@@H](C)[C@]1(C)C2[C@H](OC)CC3.CO[C@@H]1CCC23CC[C@@H](C)[C@](C)(C12)[C@H](C)C[C@@](C)(CC=O)C(=O)[C@@H]3C. The topological polar surface area (TPSA) is 88.1 Å². The van der Waals surface area contributed by atoms with Crippen LogP contribution in [0.15, 0.2) is 12.2 Å². The molecule has 16 atom stereocenters. The molecule has 10 heteroatoms. The molecule has 0 aliphatic heterocycles. The minimum atomic E-state index is -4.47. The molecular weight excluding hydrogens is 721 g/mol. The highest BCUT2D eigenvalue weighted by molar-refractivity contribution is 5.90. The number of methoxy groups -OCH3 is 3. The van der Waals surface area contributed by atoms with E-state index in [0.29, 0.717) is 30.0 Å². The number of rotatable bonds is 8. The molecule has 0 aromatic carbocycles. The number of carbonyl (C=O) groups is 3. The Hall–Kier alpha value is -1.62. The number of aldehydes is 1. The van der Waals surface area contributed by atoms with E-state index < -0.39 is 23.1 Å². The molecular formula is C46H73F3O7. The lowest BCUT2D eigenvalue weighted by Gasteiger charge is -2.62. The summed E-state index contributed by atoms with van der Waals surface area (Å²) >= 11 is 0. The summed E-state index contributed by atoms with van der Waals surface area (Å²) in [5.74, 6) is 1.72. The fourth-order valence-electron chi connectivity index (χ4n) is 14.7. The molecule has 7 nitrogen and oxygen atoms in total. The summed E-state index contributed by atoms with van der Waals surface area (Å²) in [5.41, 5.74) is -2.21. The van der Waals surface area contributed by atoms with Crippen LogP contribution in [0.4, 0.5) is 13.2 Å². The van der Waals surface area contributed by atoms with Gasteiger partial charge in [0.15, 0.2) is 0 Å². The maximum absolute atomic E-state index is 13.8. The molecule has 0 aromatic heterocycles. The van der Waals surface area contributed by atoms with Gasteiger partial charge in [-0.1, -0.05) is 61.5 Å². The maximum atomic E-state index is 13.8. The molecule has 320 valence electrons. The molecule has 0 heterocycles. The number of hydrogen-bond acceptors (Lipinski definition) is 7. The number of carbonyl (C=O) groups excluding carboxylic acids is 3. The lowest BCUT2D eigenvalue weighted by atomic mass is 9.42. The van der Waals surface area contributed by atoms with Gasteiger partial charge < -0.3 is 23.7 Å². The third kappa shape index (κ3) is 7.12. The van der Waals surface area contributed by atoms with Crippen molar-refractivity contribution < 1.29 is 46.5 Å². The second kappa shape index (κ2) is 16.1. The predicted molar refractivity (Wildman–Crippen MR) is 210 cm³/mol. The van der Waals surface area contributed by atoms with Crippen molar-refractivity contribution in [2.24, 2.45) is 73.9 Å². The van der Waals surface area contributed by atoms with Crippen molar-refractivity contribution in [1.82, 2.24) is 0 Å². The summed E-state index contributed by atoms with van der Waals surface area (Å²) < 4.78 is 62.6. The third-order valence-electron chi connectivity index (χ3n) is 18.3. The average molecular weight is 795 g/mol. The summed E-state index contributed by atoms with van der Waals surface area (Å²) in [6.07, 6.45) is 7.03. The molecule has 0 aromatic rings. The summed E-state index contributed by atoms with van der Waals surface area (Å²) in [4.78, 5) is 38.8. The summed E-state index contributed by atoms with van der Waals surface area (Å²) in [5, 5.41) is 0. The van der Waals surface area contributed by atoms with Crippen molar-refractivity contribution in [3.8, 4) is 0 Å². The Balaban J connectivity index is 0.000000219.